The largest absolute Gasteiger partial charge is 0.481 e. The number of nitrogens with one attached hydrogen (secondary N) is 1. The van der Waals surface area contributed by atoms with E-state index in [0.717, 1.165) is 6.42 Å². The van der Waals surface area contributed by atoms with Gasteiger partial charge in [0.2, 0.25) is 0 Å². The SMILES string of the molecule is N=CCCCCC(=O)O. The second kappa shape index (κ2) is 5.28. The maximum Gasteiger partial charge on any atom is 0.303 e. The minimum absolute atomic E-state index is 0.230. The third-order valence-electron chi connectivity index (χ3n) is 0.989. The Bertz CT molecular complexity index is 101. The van der Waals surface area contributed by atoms with Crippen LogP contribution in [0.1, 0.15) is 25.7 Å². The van der Waals surface area contributed by atoms with Gasteiger partial charge >= 0.3 is 5.97 Å². The lowest BCUT2D eigenvalue weighted by Crippen LogP contribution is -1.93. The number of hydrogen-bond donors (Lipinski definition) is 2. The van der Waals surface area contributed by atoms with Crippen molar-refractivity contribution in [2.45, 2.75) is 25.7 Å². The lowest BCUT2D eigenvalue weighted by molar-refractivity contribution is -0.137. The van der Waals surface area contributed by atoms with Crippen LogP contribution in [0.3, 0.4) is 0 Å². The molecule has 0 aliphatic carbocycles. The molecule has 0 aromatic carbocycles. The molecule has 0 aliphatic heterocycles. The molecule has 0 rings (SSSR count). The second-order valence-electron chi connectivity index (χ2n) is 1.84. The summed E-state index contributed by atoms with van der Waals surface area (Å²) in [5, 5.41) is 14.8. The lowest BCUT2D eigenvalue weighted by Gasteiger charge is -1.90. The Morgan fingerprint density at radius 2 is 2.22 bits per heavy atom. The van der Waals surface area contributed by atoms with Crippen molar-refractivity contribution >= 4 is 12.2 Å². The maximum absolute atomic E-state index is 9.91. The number of aliphatic carboxylic acids is 1. The van der Waals surface area contributed by atoms with Gasteiger partial charge in [-0.05, 0) is 25.5 Å². The van der Waals surface area contributed by atoms with Crippen LogP contribution in [0.4, 0.5) is 0 Å². The summed E-state index contributed by atoms with van der Waals surface area (Å²) in [6.07, 6.45) is 3.74. The summed E-state index contributed by atoms with van der Waals surface area (Å²) in [6.45, 7) is 0. The van der Waals surface area contributed by atoms with Crippen molar-refractivity contribution in [3.8, 4) is 0 Å². The molecule has 0 aromatic heterocycles. The quantitative estimate of drug-likeness (QED) is 0.434. The second-order valence-corrected chi connectivity index (χ2v) is 1.84. The van der Waals surface area contributed by atoms with Gasteiger partial charge in [-0.3, -0.25) is 4.79 Å². The Hall–Kier alpha value is -0.860. The Morgan fingerprint density at radius 1 is 1.56 bits per heavy atom. The molecule has 0 fully saturated rings. The summed E-state index contributed by atoms with van der Waals surface area (Å²) in [5.41, 5.74) is 0. The molecule has 0 atom stereocenters. The molecule has 0 aliphatic rings. The van der Waals surface area contributed by atoms with Gasteiger partial charge in [0.05, 0.1) is 0 Å². The average molecular weight is 129 g/mol. The fourth-order valence-corrected chi connectivity index (χ4v) is 0.523. The van der Waals surface area contributed by atoms with Gasteiger partial charge in [-0.2, -0.15) is 0 Å². The number of carbonyl (C=O) groups is 1. The number of rotatable bonds is 5. The maximum atomic E-state index is 9.91. The predicted molar refractivity (Wildman–Crippen MR) is 34.9 cm³/mol. The van der Waals surface area contributed by atoms with Gasteiger partial charge in [0.25, 0.3) is 0 Å². The summed E-state index contributed by atoms with van der Waals surface area (Å²) in [7, 11) is 0. The smallest absolute Gasteiger partial charge is 0.303 e. The van der Waals surface area contributed by atoms with E-state index in [-0.39, 0.29) is 6.42 Å². The third kappa shape index (κ3) is 7.14. The third-order valence-corrected chi connectivity index (χ3v) is 0.989. The van der Waals surface area contributed by atoms with Crippen molar-refractivity contribution in [3.05, 3.63) is 0 Å². The van der Waals surface area contributed by atoms with Crippen LogP contribution in [-0.2, 0) is 4.79 Å². The molecule has 9 heavy (non-hydrogen) atoms. The van der Waals surface area contributed by atoms with E-state index < -0.39 is 5.97 Å². The van der Waals surface area contributed by atoms with E-state index in [9.17, 15) is 4.79 Å². The normalized spacial score (nSPS) is 8.89. The fraction of sp³-hybridized carbons (Fsp3) is 0.667. The molecule has 0 unspecified atom stereocenters. The molecule has 3 heteroatoms. The number of unbranched alkanes of at least 4 members (excludes halogenated alkanes) is 2. The van der Waals surface area contributed by atoms with Crippen molar-refractivity contribution < 1.29 is 9.90 Å². The molecular weight excluding hydrogens is 118 g/mol. The Morgan fingerprint density at radius 3 is 2.67 bits per heavy atom. The summed E-state index contributed by atoms with van der Waals surface area (Å²) in [4.78, 5) is 9.91. The Labute approximate surface area is 54.2 Å². The van der Waals surface area contributed by atoms with Crippen LogP contribution < -0.4 is 0 Å². The molecule has 3 nitrogen and oxygen atoms in total. The summed E-state index contributed by atoms with van der Waals surface area (Å²) in [6, 6.07) is 0. The highest BCUT2D eigenvalue weighted by molar-refractivity contribution is 5.66. The van der Waals surface area contributed by atoms with Gasteiger partial charge in [-0.25, -0.2) is 0 Å². The monoisotopic (exact) mass is 129 g/mol. The van der Waals surface area contributed by atoms with E-state index in [1.54, 1.807) is 0 Å². The minimum atomic E-state index is -0.750. The van der Waals surface area contributed by atoms with Crippen molar-refractivity contribution in [2.75, 3.05) is 0 Å². The van der Waals surface area contributed by atoms with Gasteiger partial charge in [-0.1, -0.05) is 0 Å². The lowest BCUT2D eigenvalue weighted by atomic mass is 10.2. The molecule has 0 aromatic rings. The molecule has 0 heterocycles. The number of carboxylic acids is 1. The topological polar surface area (TPSA) is 61.2 Å². The van der Waals surface area contributed by atoms with Crippen LogP contribution in [0.2, 0.25) is 0 Å². The first-order valence-corrected chi connectivity index (χ1v) is 2.98. The molecular formula is C6H11NO2. The number of hydrogen-bond acceptors (Lipinski definition) is 2. The van der Waals surface area contributed by atoms with Crippen LogP contribution >= 0.6 is 0 Å². The van der Waals surface area contributed by atoms with Crippen LogP contribution in [-0.4, -0.2) is 17.3 Å². The zero-order valence-corrected chi connectivity index (χ0v) is 5.26. The Balaban J connectivity index is 2.91. The molecule has 2 N–H and O–H groups in total. The average Bonchev–Trinajstić information content (AvgIpc) is 1.80. The standard InChI is InChI=1S/C6H11NO2/c7-5-3-1-2-4-6(8)9/h5,7H,1-4H2,(H,8,9). The van der Waals surface area contributed by atoms with Crippen molar-refractivity contribution in [1.29, 1.82) is 5.41 Å². The molecule has 0 saturated carbocycles. The minimum Gasteiger partial charge on any atom is -0.481 e. The fourth-order valence-electron chi connectivity index (χ4n) is 0.523. The highest BCUT2D eigenvalue weighted by Gasteiger charge is 1.93. The van der Waals surface area contributed by atoms with Gasteiger partial charge < -0.3 is 10.5 Å². The van der Waals surface area contributed by atoms with E-state index in [2.05, 4.69) is 0 Å². The van der Waals surface area contributed by atoms with Crippen molar-refractivity contribution in [1.82, 2.24) is 0 Å². The van der Waals surface area contributed by atoms with E-state index in [1.807, 2.05) is 0 Å². The van der Waals surface area contributed by atoms with Gasteiger partial charge in [-0.15, -0.1) is 0 Å². The Kier molecular flexibility index (Phi) is 4.78. The van der Waals surface area contributed by atoms with Crippen LogP contribution in [0, 0.1) is 5.41 Å². The first-order valence-electron chi connectivity index (χ1n) is 2.98. The van der Waals surface area contributed by atoms with Crippen LogP contribution in [0.25, 0.3) is 0 Å². The summed E-state index contributed by atoms with van der Waals surface area (Å²) in [5.74, 6) is -0.750. The first-order chi connectivity index (χ1) is 4.27. The molecule has 52 valence electrons. The van der Waals surface area contributed by atoms with Crippen molar-refractivity contribution in [3.63, 3.8) is 0 Å². The van der Waals surface area contributed by atoms with Crippen LogP contribution in [0.15, 0.2) is 0 Å². The van der Waals surface area contributed by atoms with Crippen molar-refractivity contribution in [2.24, 2.45) is 0 Å². The molecule has 0 amide bonds. The van der Waals surface area contributed by atoms with Crippen LogP contribution in [0.5, 0.6) is 0 Å². The predicted octanol–water partition coefficient (Wildman–Crippen LogP) is 1.28. The summed E-state index contributed by atoms with van der Waals surface area (Å²) >= 11 is 0. The van der Waals surface area contributed by atoms with E-state index >= 15 is 0 Å². The highest BCUT2D eigenvalue weighted by Crippen LogP contribution is 1.96. The van der Waals surface area contributed by atoms with Gasteiger partial charge in [0.1, 0.15) is 0 Å². The molecule has 0 bridgehead atoms. The van der Waals surface area contributed by atoms with Gasteiger partial charge in [0.15, 0.2) is 0 Å². The zero-order chi connectivity index (χ0) is 7.11. The first kappa shape index (κ1) is 8.14. The van der Waals surface area contributed by atoms with Gasteiger partial charge in [0, 0.05) is 6.42 Å². The van der Waals surface area contributed by atoms with E-state index in [1.165, 1.54) is 6.21 Å². The molecule has 0 saturated heterocycles. The molecule has 0 spiro atoms. The summed E-state index contributed by atoms with van der Waals surface area (Å²) < 4.78 is 0. The van der Waals surface area contributed by atoms with E-state index in [4.69, 9.17) is 10.5 Å². The molecule has 0 radical (unpaired) electrons. The van der Waals surface area contributed by atoms with E-state index in [0.29, 0.717) is 12.8 Å². The zero-order valence-electron chi connectivity index (χ0n) is 5.26. The highest BCUT2D eigenvalue weighted by atomic mass is 16.4. The number of carboxylic acid groups (broad SMARTS) is 1.